The van der Waals surface area contributed by atoms with Crippen LogP contribution in [-0.2, 0) is 4.79 Å². The highest BCUT2D eigenvalue weighted by Gasteiger charge is 2.36. The monoisotopic (exact) mass is 364 g/mol. The average Bonchev–Trinajstić information content (AvgIpc) is 2.97. The first-order valence-corrected chi connectivity index (χ1v) is 10.3. The van der Waals surface area contributed by atoms with Crippen LogP contribution in [0.3, 0.4) is 0 Å². The molecule has 0 saturated carbocycles. The van der Waals surface area contributed by atoms with Gasteiger partial charge in [-0.2, -0.15) is 0 Å². The van der Waals surface area contributed by atoms with Gasteiger partial charge in [0.05, 0.1) is 6.20 Å². The van der Waals surface area contributed by atoms with Crippen LogP contribution in [0.25, 0.3) is 0 Å². The van der Waals surface area contributed by atoms with Crippen molar-refractivity contribution in [2.24, 2.45) is 10.7 Å². The number of allylic oxidation sites excluding steroid dienone is 2. The SMILES string of the molecule is CCCCCCCCC/C=C/CCCC1=NC=C[N+]1(CCN)CC(=O)O. The number of carboxylic acids is 1. The van der Waals surface area contributed by atoms with Crippen LogP contribution in [-0.4, -0.2) is 41.0 Å². The van der Waals surface area contributed by atoms with Gasteiger partial charge in [0.1, 0.15) is 12.7 Å². The van der Waals surface area contributed by atoms with Gasteiger partial charge in [0, 0.05) is 13.0 Å². The summed E-state index contributed by atoms with van der Waals surface area (Å²) in [6.07, 6.45) is 21.6. The summed E-state index contributed by atoms with van der Waals surface area (Å²) in [5.74, 6) is 0.116. The van der Waals surface area contributed by atoms with Crippen LogP contribution in [0.2, 0.25) is 0 Å². The molecule has 1 unspecified atom stereocenters. The molecule has 0 amide bonds. The van der Waals surface area contributed by atoms with Crippen molar-refractivity contribution in [1.29, 1.82) is 0 Å². The van der Waals surface area contributed by atoms with Crippen molar-refractivity contribution >= 4 is 11.8 Å². The highest BCUT2D eigenvalue weighted by atomic mass is 16.4. The number of unbranched alkanes of at least 4 members (excludes halogenated alkanes) is 8. The quantitative estimate of drug-likeness (QED) is 0.239. The summed E-state index contributed by atoms with van der Waals surface area (Å²) in [7, 11) is 0. The van der Waals surface area contributed by atoms with Gasteiger partial charge in [-0.25, -0.2) is 14.3 Å². The molecule has 1 heterocycles. The fourth-order valence-corrected chi connectivity index (χ4v) is 3.47. The van der Waals surface area contributed by atoms with E-state index in [-0.39, 0.29) is 11.0 Å². The Bertz CT molecular complexity index is 486. The summed E-state index contributed by atoms with van der Waals surface area (Å²) in [4.78, 5) is 15.6. The van der Waals surface area contributed by atoms with E-state index in [0.29, 0.717) is 13.1 Å². The van der Waals surface area contributed by atoms with E-state index in [0.717, 1.165) is 25.1 Å². The van der Waals surface area contributed by atoms with Crippen LogP contribution < -0.4 is 5.73 Å². The normalized spacial score (nSPS) is 19.4. The molecule has 5 heteroatoms. The first kappa shape index (κ1) is 22.6. The Hall–Kier alpha value is -1.46. The molecule has 0 aromatic carbocycles. The number of hydrogen-bond acceptors (Lipinski definition) is 3. The van der Waals surface area contributed by atoms with Crippen LogP contribution in [0.1, 0.15) is 77.6 Å². The summed E-state index contributed by atoms with van der Waals surface area (Å²) in [6.45, 7) is 3.33. The Morgan fingerprint density at radius 1 is 1.12 bits per heavy atom. The minimum atomic E-state index is -0.813. The molecular weight excluding hydrogens is 326 g/mol. The van der Waals surface area contributed by atoms with Gasteiger partial charge in [-0.3, -0.25) is 0 Å². The smallest absolute Gasteiger partial charge is 0.360 e. The molecule has 26 heavy (non-hydrogen) atoms. The molecule has 0 radical (unpaired) electrons. The maximum atomic E-state index is 11.2. The van der Waals surface area contributed by atoms with Crippen molar-refractivity contribution in [1.82, 2.24) is 0 Å². The zero-order valence-corrected chi connectivity index (χ0v) is 16.5. The van der Waals surface area contributed by atoms with Crippen LogP contribution in [0.4, 0.5) is 0 Å². The maximum Gasteiger partial charge on any atom is 0.360 e. The van der Waals surface area contributed by atoms with E-state index in [9.17, 15) is 9.90 Å². The molecule has 0 bridgehead atoms. The molecule has 1 atom stereocenters. The highest BCUT2D eigenvalue weighted by molar-refractivity contribution is 5.81. The van der Waals surface area contributed by atoms with Crippen LogP contribution in [0.15, 0.2) is 29.5 Å². The zero-order valence-electron chi connectivity index (χ0n) is 16.5. The average molecular weight is 365 g/mol. The van der Waals surface area contributed by atoms with Crippen molar-refractivity contribution < 1.29 is 14.4 Å². The summed E-state index contributed by atoms with van der Waals surface area (Å²) in [6, 6.07) is 0. The highest BCUT2D eigenvalue weighted by Crippen LogP contribution is 2.20. The van der Waals surface area contributed by atoms with Gasteiger partial charge in [0.2, 0.25) is 5.84 Å². The number of amidine groups is 1. The third kappa shape index (κ3) is 8.77. The number of rotatable bonds is 16. The summed E-state index contributed by atoms with van der Waals surface area (Å²) < 4.78 is 0.285. The number of aliphatic carboxylic acids is 1. The first-order chi connectivity index (χ1) is 12.6. The molecule has 1 aliphatic heterocycles. The molecule has 0 saturated heterocycles. The number of quaternary nitrogens is 1. The second kappa shape index (κ2) is 13.7. The summed E-state index contributed by atoms with van der Waals surface area (Å²) in [5, 5.41) is 9.20. The Morgan fingerprint density at radius 2 is 1.77 bits per heavy atom. The Kier molecular flexibility index (Phi) is 11.9. The van der Waals surface area contributed by atoms with Crippen LogP contribution >= 0.6 is 0 Å². The van der Waals surface area contributed by atoms with Gasteiger partial charge >= 0.3 is 5.97 Å². The molecule has 1 rings (SSSR count). The van der Waals surface area contributed by atoms with Crippen LogP contribution in [0.5, 0.6) is 0 Å². The predicted molar refractivity (Wildman–Crippen MR) is 109 cm³/mol. The molecule has 0 spiro atoms. The summed E-state index contributed by atoms with van der Waals surface area (Å²) >= 11 is 0. The molecule has 0 aromatic rings. The first-order valence-electron chi connectivity index (χ1n) is 10.3. The second-order valence-electron chi connectivity index (χ2n) is 7.22. The topological polar surface area (TPSA) is 75.7 Å². The number of carbonyl (C=O) groups is 1. The minimum absolute atomic E-state index is 0.0284. The third-order valence-electron chi connectivity index (χ3n) is 4.95. The molecular formula is C21H38N3O2+. The van der Waals surface area contributed by atoms with Crippen molar-refractivity contribution in [2.75, 3.05) is 19.6 Å². The fourth-order valence-electron chi connectivity index (χ4n) is 3.47. The minimum Gasteiger partial charge on any atom is -0.477 e. The van der Waals surface area contributed by atoms with Gasteiger partial charge in [-0.05, 0) is 25.7 Å². The molecule has 0 aromatic heterocycles. The number of aliphatic imine (C=N–C) groups is 1. The van der Waals surface area contributed by atoms with Gasteiger partial charge in [0.15, 0.2) is 6.54 Å². The molecule has 0 fully saturated rings. The lowest BCUT2D eigenvalue weighted by atomic mass is 10.1. The predicted octanol–water partition coefficient (Wildman–Crippen LogP) is 4.60. The molecule has 0 aliphatic carbocycles. The lowest BCUT2D eigenvalue weighted by molar-refractivity contribution is -0.778. The molecule has 5 nitrogen and oxygen atoms in total. The largest absolute Gasteiger partial charge is 0.477 e. The van der Waals surface area contributed by atoms with Crippen molar-refractivity contribution in [3.05, 3.63) is 24.6 Å². The maximum absolute atomic E-state index is 11.2. The van der Waals surface area contributed by atoms with E-state index < -0.39 is 5.97 Å². The Morgan fingerprint density at radius 3 is 2.42 bits per heavy atom. The lowest BCUT2D eigenvalue weighted by Crippen LogP contribution is -2.52. The van der Waals surface area contributed by atoms with E-state index in [1.807, 2.05) is 6.20 Å². The molecule has 3 N–H and O–H groups in total. The van der Waals surface area contributed by atoms with E-state index in [1.54, 1.807) is 6.20 Å². The number of carboxylic acid groups (broad SMARTS) is 1. The molecule has 148 valence electrons. The lowest BCUT2D eigenvalue weighted by Gasteiger charge is -2.30. The van der Waals surface area contributed by atoms with Gasteiger partial charge < -0.3 is 10.8 Å². The zero-order chi connectivity index (χ0) is 19.1. The van der Waals surface area contributed by atoms with E-state index in [4.69, 9.17) is 5.73 Å². The Balaban J connectivity index is 2.17. The van der Waals surface area contributed by atoms with Gasteiger partial charge in [-0.1, -0.05) is 57.6 Å². The summed E-state index contributed by atoms with van der Waals surface area (Å²) in [5.41, 5.74) is 5.69. The van der Waals surface area contributed by atoms with E-state index in [2.05, 4.69) is 24.1 Å². The van der Waals surface area contributed by atoms with E-state index >= 15 is 0 Å². The standard InChI is InChI=1S/C21H37N3O2/c1-2-3-4-5-6-7-8-9-10-11-12-13-14-20-23-16-18-24(20,17-15-22)19-21(25)26/h10-11,16,18H,2-9,12-15,17,19,22H2,1H3/p+1/b11-10+. The molecule has 1 aliphatic rings. The van der Waals surface area contributed by atoms with Gasteiger partial charge in [0.25, 0.3) is 0 Å². The van der Waals surface area contributed by atoms with E-state index in [1.165, 1.54) is 51.4 Å². The fraction of sp³-hybridized carbons (Fsp3) is 0.714. The van der Waals surface area contributed by atoms with Crippen molar-refractivity contribution in [3.63, 3.8) is 0 Å². The van der Waals surface area contributed by atoms with Crippen LogP contribution in [0, 0.1) is 0 Å². The van der Waals surface area contributed by atoms with Gasteiger partial charge in [-0.15, -0.1) is 0 Å². The second-order valence-corrected chi connectivity index (χ2v) is 7.22. The number of hydrogen-bond donors (Lipinski definition) is 2. The number of nitrogens with two attached hydrogens (primary N) is 1. The Labute approximate surface area is 159 Å². The number of nitrogens with zero attached hydrogens (tertiary/aromatic N) is 2. The third-order valence-corrected chi connectivity index (χ3v) is 4.95. The van der Waals surface area contributed by atoms with Crippen molar-refractivity contribution in [2.45, 2.75) is 77.6 Å². The van der Waals surface area contributed by atoms with Crippen molar-refractivity contribution in [3.8, 4) is 0 Å².